The summed E-state index contributed by atoms with van der Waals surface area (Å²) in [5.41, 5.74) is -1.76. The molecule has 0 radical (unpaired) electrons. The zero-order valence-corrected chi connectivity index (χ0v) is 16.4. The molecule has 2 aromatic rings. The Bertz CT molecular complexity index is 1050. The Morgan fingerprint density at radius 1 is 1.21 bits per heavy atom. The van der Waals surface area contributed by atoms with Gasteiger partial charge in [-0.2, -0.15) is 13.2 Å². The van der Waals surface area contributed by atoms with Crippen molar-refractivity contribution < 1.29 is 22.8 Å². The molecular formula is C18H15F3N2O3S2. The van der Waals surface area contributed by atoms with Gasteiger partial charge >= 0.3 is 11.0 Å². The minimum Gasteiger partial charge on any atom is -0.307 e. The minimum atomic E-state index is -4.58. The number of carbonyl (C=O) groups is 2. The van der Waals surface area contributed by atoms with Crippen LogP contribution in [0.15, 0.2) is 34.1 Å². The lowest BCUT2D eigenvalue weighted by atomic mass is 9.72. The fourth-order valence-corrected chi connectivity index (χ4v) is 6.69. The first-order valence-corrected chi connectivity index (χ1v) is 10.2. The molecule has 1 saturated heterocycles. The van der Waals surface area contributed by atoms with Gasteiger partial charge in [0.05, 0.1) is 22.2 Å². The molecule has 10 heteroatoms. The number of nitrogens with one attached hydrogen (secondary N) is 1. The van der Waals surface area contributed by atoms with Crippen molar-refractivity contribution in [1.82, 2.24) is 4.98 Å². The number of carbonyl (C=O) groups excluding carboxylic acids is 2. The standard InChI is InChI=1S/C18H15F3N2O3S2/c1-3-17(2)10-11(27-13-12(17)28-16(26)22-13)15(25)23(14(10)24)9-6-4-5-8(7-9)18(19,20)21/h4-7,10-11H,3H2,1-2H3,(H,22,26)/t10-,11-,17+/m1/s1. The number of rotatable bonds is 2. The van der Waals surface area contributed by atoms with E-state index in [9.17, 15) is 27.6 Å². The normalized spacial score (nSPS) is 27.1. The lowest BCUT2D eigenvalue weighted by Crippen LogP contribution is -2.43. The van der Waals surface area contributed by atoms with Crippen molar-refractivity contribution >= 4 is 40.6 Å². The molecule has 1 aromatic heterocycles. The van der Waals surface area contributed by atoms with Crippen molar-refractivity contribution in [3.8, 4) is 0 Å². The van der Waals surface area contributed by atoms with Gasteiger partial charge in [0.15, 0.2) is 0 Å². The molecule has 2 aliphatic heterocycles. The van der Waals surface area contributed by atoms with Crippen molar-refractivity contribution in [2.45, 2.75) is 42.1 Å². The van der Waals surface area contributed by atoms with Gasteiger partial charge in [0, 0.05) is 10.3 Å². The largest absolute Gasteiger partial charge is 0.416 e. The molecule has 148 valence electrons. The second-order valence-electron chi connectivity index (χ2n) is 7.02. The average molecular weight is 428 g/mol. The van der Waals surface area contributed by atoms with E-state index >= 15 is 0 Å². The third-order valence-electron chi connectivity index (χ3n) is 5.49. The van der Waals surface area contributed by atoms with Crippen LogP contribution < -0.4 is 9.77 Å². The molecule has 1 N–H and O–H groups in total. The van der Waals surface area contributed by atoms with Crippen molar-refractivity contribution in [3.05, 3.63) is 44.4 Å². The van der Waals surface area contributed by atoms with Crippen LogP contribution in [0.1, 0.15) is 30.7 Å². The second-order valence-corrected chi connectivity index (χ2v) is 9.15. The van der Waals surface area contributed by atoms with Crippen LogP contribution in [0.5, 0.6) is 0 Å². The lowest BCUT2D eigenvalue weighted by Gasteiger charge is -2.38. The van der Waals surface area contributed by atoms with E-state index in [-0.39, 0.29) is 10.6 Å². The highest BCUT2D eigenvalue weighted by atomic mass is 32.2. The Hall–Kier alpha value is -2.07. The van der Waals surface area contributed by atoms with E-state index in [2.05, 4.69) is 4.98 Å². The summed E-state index contributed by atoms with van der Waals surface area (Å²) in [4.78, 5) is 42.1. The SMILES string of the molecule is CC[C@]1(C)c2sc(=O)[nH]c2S[C@H]2C(=O)N(c3cccc(C(F)(F)F)c3)C(=O)[C@@H]21. The zero-order chi connectivity index (χ0) is 20.4. The number of halogens is 3. The van der Waals surface area contributed by atoms with E-state index in [0.29, 0.717) is 11.4 Å². The van der Waals surface area contributed by atoms with Crippen molar-refractivity contribution in [3.63, 3.8) is 0 Å². The van der Waals surface area contributed by atoms with Crippen molar-refractivity contribution in [2.24, 2.45) is 5.92 Å². The number of aromatic amines is 1. The monoisotopic (exact) mass is 428 g/mol. The maximum Gasteiger partial charge on any atom is 0.416 e. The van der Waals surface area contributed by atoms with E-state index in [1.54, 1.807) is 0 Å². The quantitative estimate of drug-likeness (QED) is 0.739. The van der Waals surface area contributed by atoms with Gasteiger partial charge in [-0.05, 0) is 24.6 Å². The van der Waals surface area contributed by atoms with E-state index < -0.39 is 40.1 Å². The Morgan fingerprint density at radius 3 is 2.57 bits per heavy atom. The number of anilines is 1. The van der Waals surface area contributed by atoms with E-state index in [1.807, 2.05) is 13.8 Å². The number of H-pyrrole nitrogens is 1. The van der Waals surface area contributed by atoms with Gasteiger partial charge in [0.2, 0.25) is 11.8 Å². The molecule has 0 saturated carbocycles. The zero-order valence-electron chi connectivity index (χ0n) is 14.8. The molecule has 0 unspecified atom stereocenters. The van der Waals surface area contributed by atoms with Crippen LogP contribution >= 0.6 is 23.1 Å². The molecule has 2 amide bonds. The summed E-state index contributed by atoms with van der Waals surface area (Å²) in [6.07, 6.45) is -4.07. The summed E-state index contributed by atoms with van der Waals surface area (Å²) in [5.74, 6) is -1.84. The number of alkyl halides is 3. The van der Waals surface area contributed by atoms with Gasteiger partial charge < -0.3 is 4.98 Å². The molecule has 0 spiro atoms. The molecule has 3 atom stereocenters. The lowest BCUT2D eigenvalue weighted by molar-refractivity contribution is -0.137. The Kier molecular flexibility index (Phi) is 4.27. The van der Waals surface area contributed by atoms with E-state index in [4.69, 9.17) is 0 Å². The van der Waals surface area contributed by atoms with Gasteiger partial charge in [0.25, 0.3) is 0 Å². The number of amides is 2. The number of nitrogens with zero attached hydrogens (tertiary/aromatic N) is 1. The Morgan fingerprint density at radius 2 is 1.93 bits per heavy atom. The third kappa shape index (κ3) is 2.65. The highest BCUT2D eigenvalue weighted by molar-refractivity contribution is 8.00. The number of benzene rings is 1. The van der Waals surface area contributed by atoms with Crippen LogP contribution in [-0.2, 0) is 21.2 Å². The summed E-state index contributed by atoms with van der Waals surface area (Å²) < 4.78 is 39.2. The number of thioether (sulfide) groups is 1. The van der Waals surface area contributed by atoms with Gasteiger partial charge in [0.1, 0.15) is 5.25 Å². The number of hydrogen-bond donors (Lipinski definition) is 1. The van der Waals surface area contributed by atoms with Gasteiger partial charge in [-0.25, -0.2) is 4.90 Å². The summed E-state index contributed by atoms with van der Waals surface area (Å²) in [6, 6.07) is 4.22. The summed E-state index contributed by atoms with van der Waals surface area (Å²) in [5, 5.41) is -0.225. The second kappa shape index (κ2) is 6.21. The number of hydrogen-bond acceptors (Lipinski definition) is 5. The molecular weight excluding hydrogens is 413 g/mol. The predicted octanol–water partition coefficient (Wildman–Crippen LogP) is 3.79. The Labute approximate surface area is 165 Å². The first-order chi connectivity index (χ1) is 13.1. The predicted molar refractivity (Wildman–Crippen MR) is 99.7 cm³/mol. The number of aromatic nitrogens is 1. The molecule has 4 rings (SSSR count). The van der Waals surface area contributed by atoms with Gasteiger partial charge in [-0.3, -0.25) is 14.4 Å². The maximum absolute atomic E-state index is 13.2. The smallest absolute Gasteiger partial charge is 0.307 e. The first kappa shape index (κ1) is 19.3. The van der Waals surface area contributed by atoms with E-state index in [1.165, 1.54) is 12.1 Å². The number of thiazole rings is 1. The first-order valence-electron chi connectivity index (χ1n) is 8.53. The minimum absolute atomic E-state index is 0.0878. The molecule has 0 aliphatic carbocycles. The highest BCUT2D eigenvalue weighted by Crippen LogP contribution is 2.55. The average Bonchev–Trinajstić information content (AvgIpc) is 3.13. The molecule has 5 nitrogen and oxygen atoms in total. The van der Waals surface area contributed by atoms with Crippen LogP contribution in [0.3, 0.4) is 0 Å². The van der Waals surface area contributed by atoms with Crippen LogP contribution in [0, 0.1) is 5.92 Å². The van der Waals surface area contributed by atoms with Crippen LogP contribution in [0.2, 0.25) is 0 Å². The van der Waals surface area contributed by atoms with Gasteiger partial charge in [-0.15, -0.1) is 0 Å². The number of fused-ring (bicyclic) bond motifs is 2. The summed E-state index contributed by atoms with van der Waals surface area (Å²) >= 11 is 2.12. The van der Waals surface area contributed by atoms with Crippen molar-refractivity contribution in [1.29, 1.82) is 0 Å². The molecule has 28 heavy (non-hydrogen) atoms. The van der Waals surface area contributed by atoms with E-state index in [0.717, 1.165) is 45.0 Å². The molecule has 2 aliphatic rings. The van der Waals surface area contributed by atoms with Gasteiger partial charge in [-0.1, -0.05) is 43.0 Å². The Balaban J connectivity index is 1.81. The van der Waals surface area contributed by atoms with Crippen LogP contribution in [-0.4, -0.2) is 22.0 Å². The molecule has 3 heterocycles. The summed E-state index contributed by atoms with van der Waals surface area (Å²) in [7, 11) is 0. The molecule has 1 fully saturated rings. The molecule has 1 aromatic carbocycles. The topological polar surface area (TPSA) is 70.2 Å². The fraction of sp³-hybridized carbons (Fsp3) is 0.389. The van der Waals surface area contributed by atoms with Crippen LogP contribution in [0.25, 0.3) is 0 Å². The molecule has 0 bridgehead atoms. The summed E-state index contributed by atoms with van der Waals surface area (Å²) in [6.45, 7) is 3.69. The highest BCUT2D eigenvalue weighted by Gasteiger charge is 2.60. The maximum atomic E-state index is 13.2. The number of imide groups is 1. The third-order valence-corrected chi connectivity index (χ3v) is 8.05. The van der Waals surface area contributed by atoms with Crippen LogP contribution in [0.4, 0.5) is 18.9 Å². The van der Waals surface area contributed by atoms with Crippen molar-refractivity contribution in [2.75, 3.05) is 4.90 Å². The fourth-order valence-electron chi connectivity index (χ4n) is 3.87.